The lowest BCUT2D eigenvalue weighted by Crippen LogP contribution is -2.32. The lowest BCUT2D eigenvalue weighted by Gasteiger charge is -2.21. The molecule has 12 heavy (non-hydrogen) atoms. The van der Waals surface area contributed by atoms with Crippen LogP contribution in [0.25, 0.3) is 0 Å². The van der Waals surface area contributed by atoms with Gasteiger partial charge in [0.2, 0.25) is 0 Å². The second-order valence-electron chi connectivity index (χ2n) is 3.57. The lowest BCUT2D eigenvalue weighted by molar-refractivity contribution is -0.0305. The summed E-state index contributed by atoms with van der Waals surface area (Å²) in [4.78, 5) is 10.9. The first kappa shape index (κ1) is 11.2. The number of carbonyl (C=O) groups excluding carboxylic acids is 1. The highest BCUT2D eigenvalue weighted by Gasteiger charge is 2.21. The Bertz CT molecular complexity index is 154. The number of carbonyl (C=O) groups is 1. The molecule has 0 saturated carbocycles. The zero-order valence-corrected chi connectivity index (χ0v) is 8.06. The molecule has 3 nitrogen and oxygen atoms in total. The number of halogens is 1. The van der Waals surface area contributed by atoms with Gasteiger partial charge in [-0.15, -0.1) is 5.12 Å². The fraction of sp³-hybridized carbons (Fsp3) is 0.875. The molecule has 0 aliphatic carbocycles. The Morgan fingerprint density at radius 2 is 2.00 bits per heavy atom. The Morgan fingerprint density at radius 1 is 1.50 bits per heavy atom. The van der Waals surface area contributed by atoms with Crippen molar-refractivity contribution >= 4 is 6.09 Å². The van der Waals surface area contributed by atoms with Crippen LogP contribution in [0.2, 0.25) is 0 Å². The quantitative estimate of drug-likeness (QED) is 0.606. The summed E-state index contributed by atoms with van der Waals surface area (Å²) in [6.07, 6.45) is -0.334. The highest BCUT2D eigenvalue weighted by Crippen LogP contribution is 2.10. The van der Waals surface area contributed by atoms with Crippen LogP contribution in [0.3, 0.4) is 0 Å². The first-order valence-corrected chi connectivity index (χ1v) is 4.03. The van der Waals surface area contributed by atoms with Gasteiger partial charge in [0.1, 0.15) is 5.60 Å². The molecule has 4 heteroatoms. The monoisotopic (exact) mass is 177 g/mol. The maximum atomic E-state index is 12.7. The van der Waals surface area contributed by atoms with Crippen LogP contribution in [-0.4, -0.2) is 23.4 Å². The van der Waals surface area contributed by atoms with Crippen molar-refractivity contribution in [3.63, 3.8) is 0 Å². The van der Waals surface area contributed by atoms with Gasteiger partial charge in [-0.2, -0.15) is 0 Å². The first-order valence-electron chi connectivity index (χ1n) is 4.03. The van der Waals surface area contributed by atoms with Crippen LogP contribution in [0.5, 0.6) is 0 Å². The number of ether oxygens (including phenoxy) is 1. The molecule has 0 aromatic heterocycles. The summed E-state index contributed by atoms with van der Waals surface area (Å²) in [5.74, 6) is 0. The van der Waals surface area contributed by atoms with Crippen molar-refractivity contribution in [2.24, 2.45) is 0 Å². The molecule has 0 aromatic rings. The molecule has 0 rings (SSSR count). The normalized spacial score (nSPS) is 11.1. The van der Waals surface area contributed by atoms with Gasteiger partial charge in [-0.3, -0.25) is 0 Å². The van der Waals surface area contributed by atoms with E-state index in [1.54, 1.807) is 27.7 Å². The number of rotatable bonds is 2. The van der Waals surface area contributed by atoms with Crippen molar-refractivity contribution in [1.82, 2.24) is 5.12 Å². The van der Waals surface area contributed by atoms with Crippen LogP contribution in [0.15, 0.2) is 0 Å². The molecule has 0 saturated heterocycles. The van der Waals surface area contributed by atoms with E-state index in [1.165, 1.54) is 0 Å². The number of hydrogen-bond donors (Lipinski definition) is 0. The summed E-state index contributed by atoms with van der Waals surface area (Å²) < 4.78 is 17.4. The standard InChI is InChI=1S/C8H16FNO2/c1-5-6-10(9)7(11)12-8(2,3)4/h5-6H2,1-4H3. The van der Waals surface area contributed by atoms with Gasteiger partial charge < -0.3 is 4.74 Å². The molecule has 0 atom stereocenters. The molecule has 0 N–H and O–H groups in total. The highest BCUT2D eigenvalue weighted by molar-refractivity contribution is 5.66. The third kappa shape index (κ3) is 4.93. The molecule has 0 unspecified atom stereocenters. The van der Waals surface area contributed by atoms with Gasteiger partial charge in [0.15, 0.2) is 0 Å². The second-order valence-corrected chi connectivity index (χ2v) is 3.57. The minimum absolute atomic E-state index is 0.0783. The zero-order chi connectivity index (χ0) is 9.78. The molecule has 0 spiro atoms. The Morgan fingerprint density at radius 3 is 2.33 bits per heavy atom. The molecule has 0 aromatic carbocycles. The molecule has 72 valence electrons. The first-order chi connectivity index (χ1) is 5.37. The van der Waals surface area contributed by atoms with E-state index >= 15 is 0 Å². The maximum absolute atomic E-state index is 12.7. The van der Waals surface area contributed by atoms with Crippen LogP contribution >= 0.6 is 0 Å². The summed E-state index contributed by atoms with van der Waals surface area (Å²) in [5, 5.41) is 0.0885. The van der Waals surface area contributed by atoms with Gasteiger partial charge in [0.25, 0.3) is 0 Å². The van der Waals surface area contributed by atoms with Gasteiger partial charge >= 0.3 is 6.09 Å². The van der Waals surface area contributed by atoms with Crippen molar-refractivity contribution in [2.75, 3.05) is 6.54 Å². The zero-order valence-electron chi connectivity index (χ0n) is 8.06. The average Bonchev–Trinajstić information content (AvgIpc) is 1.84. The topological polar surface area (TPSA) is 29.5 Å². The maximum Gasteiger partial charge on any atom is 0.438 e. The van der Waals surface area contributed by atoms with E-state index in [4.69, 9.17) is 4.74 Å². The van der Waals surface area contributed by atoms with Crippen LogP contribution in [0.1, 0.15) is 34.1 Å². The van der Waals surface area contributed by atoms with Crippen LogP contribution in [0.4, 0.5) is 9.28 Å². The third-order valence-corrected chi connectivity index (χ3v) is 1.01. The van der Waals surface area contributed by atoms with Crippen LogP contribution in [0, 0.1) is 0 Å². The van der Waals surface area contributed by atoms with E-state index in [9.17, 15) is 9.28 Å². The van der Waals surface area contributed by atoms with Crippen LogP contribution < -0.4 is 0 Å². The minimum Gasteiger partial charge on any atom is -0.442 e. The van der Waals surface area contributed by atoms with Crippen molar-refractivity contribution < 1.29 is 14.0 Å². The predicted molar refractivity (Wildman–Crippen MR) is 44.3 cm³/mol. The number of nitrogens with zero attached hydrogens (tertiary/aromatic N) is 1. The minimum atomic E-state index is -0.913. The van der Waals surface area contributed by atoms with E-state index in [2.05, 4.69) is 0 Å². The third-order valence-electron chi connectivity index (χ3n) is 1.01. The van der Waals surface area contributed by atoms with E-state index in [0.29, 0.717) is 6.42 Å². The molecule has 0 bridgehead atoms. The fourth-order valence-corrected chi connectivity index (χ4v) is 0.599. The molecule has 0 radical (unpaired) electrons. The van der Waals surface area contributed by atoms with Gasteiger partial charge in [0.05, 0.1) is 6.54 Å². The Hall–Kier alpha value is -0.800. The SMILES string of the molecule is CCCN(F)C(=O)OC(C)(C)C. The van der Waals surface area contributed by atoms with E-state index in [-0.39, 0.29) is 11.7 Å². The summed E-state index contributed by atoms with van der Waals surface area (Å²) in [5.41, 5.74) is -0.630. The molecular formula is C8H16FNO2. The summed E-state index contributed by atoms with van der Waals surface area (Å²) in [7, 11) is 0. The van der Waals surface area contributed by atoms with Crippen molar-refractivity contribution in [3.8, 4) is 0 Å². The second kappa shape index (κ2) is 4.28. The molecule has 1 amide bonds. The van der Waals surface area contributed by atoms with Gasteiger partial charge in [-0.1, -0.05) is 11.4 Å². The van der Waals surface area contributed by atoms with Gasteiger partial charge in [-0.25, -0.2) is 4.79 Å². The van der Waals surface area contributed by atoms with E-state index < -0.39 is 11.7 Å². The Kier molecular flexibility index (Phi) is 4.00. The molecule has 0 heterocycles. The summed E-state index contributed by atoms with van der Waals surface area (Å²) in [6, 6.07) is 0. The number of amides is 1. The smallest absolute Gasteiger partial charge is 0.438 e. The molecule has 0 aliphatic rings. The van der Waals surface area contributed by atoms with Crippen molar-refractivity contribution in [3.05, 3.63) is 0 Å². The van der Waals surface area contributed by atoms with Gasteiger partial charge in [-0.05, 0) is 27.2 Å². The Balaban J connectivity index is 3.87. The van der Waals surface area contributed by atoms with E-state index in [1.807, 2.05) is 0 Å². The summed E-state index contributed by atoms with van der Waals surface area (Å²) in [6.45, 7) is 6.96. The number of hydrogen-bond acceptors (Lipinski definition) is 2. The lowest BCUT2D eigenvalue weighted by atomic mass is 10.2. The van der Waals surface area contributed by atoms with Crippen LogP contribution in [-0.2, 0) is 4.74 Å². The predicted octanol–water partition coefficient (Wildman–Crippen LogP) is 2.52. The fourth-order valence-electron chi connectivity index (χ4n) is 0.599. The van der Waals surface area contributed by atoms with Crippen molar-refractivity contribution in [1.29, 1.82) is 0 Å². The van der Waals surface area contributed by atoms with Gasteiger partial charge in [0, 0.05) is 0 Å². The van der Waals surface area contributed by atoms with E-state index in [0.717, 1.165) is 0 Å². The highest BCUT2D eigenvalue weighted by atomic mass is 19.2. The molecular weight excluding hydrogens is 161 g/mol. The Labute approximate surface area is 72.4 Å². The average molecular weight is 177 g/mol. The molecule has 0 fully saturated rings. The molecule has 0 aliphatic heterocycles. The summed E-state index contributed by atoms with van der Waals surface area (Å²) >= 11 is 0. The largest absolute Gasteiger partial charge is 0.442 e. The van der Waals surface area contributed by atoms with Crippen molar-refractivity contribution in [2.45, 2.75) is 39.7 Å².